The monoisotopic (exact) mass is 366 g/mol. The molecule has 0 radical (unpaired) electrons. The van der Waals surface area contributed by atoms with E-state index in [4.69, 9.17) is 4.74 Å². The van der Waals surface area contributed by atoms with Gasteiger partial charge in [0.1, 0.15) is 0 Å². The number of hydrogen-bond acceptors (Lipinski definition) is 6. The number of rotatable bonds is 6. The standard InChI is InChI=1S/C19H18N4O2S/c1-2-25-12-11-23-15-9-5-3-7-13(15)17(18(23)24)21-22-19-20-14-8-4-6-10-16(14)26-19/h3-10,24H,2,11-12H2,1H3. The summed E-state index contributed by atoms with van der Waals surface area (Å²) in [6, 6.07) is 15.6. The summed E-state index contributed by atoms with van der Waals surface area (Å²) in [5.74, 6) is 0.0933. The lowest BCUT2D eigenvalue weighted by atomic mass is 10.2. The summed E-state index contributed by atoms with van der Waals surface area (Å²) in [7, 11) is 0. The molecule has 4 aromatic rings. The zero-order chi connectivity index (χ0) is 17.9. The van der Waals surface area contributed by atoms with Gasteiger partial charge in [-0.1, -0.05) is 41.7 Å². The van der Waals surface area contributed by atoms with Gasteiger partial charge in [0.15, 0.2) is 5.69 Å². The lowest BCUT2D eigenvalue weighted by molar-refractivity contribution is 0.138. The molecule has 0 aliphatic heterocycles. The Bertz CT molecular complexity index is 1050. The van der Waals surface area contributed by atoms with Crippen LogP contribution in [0.25, 0.3) is 21.1 Å². The van der Waals surface area contributed by atoms with E-state index >= 15 is 0 Å². The number of para-hydroxylation sites is 2. The van der Waals surface area contributed by atoms with Crippen molar-refractivity contribution in [3.8, 4) is 5.88 Å². The Hall–Kier alpha value is -2.77. The van der Waals surface area contributed by atoms with E-state index in [2.05, 4.69) is 15.2 Å². The number of aromatic hydroxyl groups is 1. The highest BCUT2D eigenvalue weighted by atomic mass is 32.1. The number of azo groups is 1. The van der Waals surface area contributed by atoms with Gasteiger partial charge >= 0.3 is 0 Å². The van der Waals surface area contributed by atoms with Crippen LogP contribution in [-0.4, -0.2) is 27.9 Å². The average Bonchev–Trinajstić information content (AvgIpc) is 3.19. The quantitative estimate of drug-likeness (QED) is 0.366. The normalized spacial score (nSPS) is 11.9. The van der Waals surface area contributed by atoms with Crippen LogP contribution in [-0.2, 0) is 11.3 Å². The predicted molar refractivity (Wildman–Crippen MR) is 104 cm³/mol. The van der Waals surface area contributed by atoms with Crippen molar-refractivity contribution in [1.29, 1.82) is 0 Å². The third-order valence-electron chi connectivity index (χ3n) is 4.10. The van der Waals surface area contributed by atoms with Gasteiger partial charge in [-0.2, -0.15) is 0 Å². The van der Waals surface area contributed by atoms with Crippen LogP contribution in [0.5, 0.6) is 5.88 Å². The van der Waals surface area contributed by atoms with E-state index in [0.29, 0.717) is 30.6 Å². The van der Waals surface area contributed by atoms with Crippen molar-refractivity contribution >= 4 is 43.3 Å². The van der Waals surface area contributed by atoms with E-state index in [-0.39, 0.29) is 5.88 Å². The summed E-state index contributed by atoms with van der Waals surface area (Å²) in [6.07, 6.45) is 0. The van der Waals surface area contributed by atoms with Gasteiger partial charge in [0.25, 0.3) is 0 Å². The molecule has 4 rings (SSSR count). The van der Waals surface area contributed by atoms with Crippen LogP contribution in [0.4, 0.5) is 10.8 Å². The minimum absolute atomic E-state index is 0.0933. The van der Waals surface area contributed by atoms with E-state index in [9.17, 15) is 5.11 Å². The van der Waals surface area contributed by atoms with Gasteiger partial charge in [0.05, 0.1) is 22.3 Å². The molecular weight excluding hydrogens is 348 g/mol. The molecule has 2 aromatic heterocycles. The Labute approximate surface area is 154 Å². The molecule has 7 heteroatoms. The third kappa shape index (κ3) is 3.07. The highest BCUT2D eigenvalue weighted by Gasteiger charge is 2.16. The lowest BCUT2D eigenvalue weighted by Gasteiger charge is -2.06. The van der Waals surface area contributed by atoms with Crippen molar-refractivity contribution < 1.29 is 9.84 Å². The van der Waals surface area contributed by atoms with Crippen molar-refractivity contribution in [2.75, 3.05) is 13.2 Å². The van der Waals surface area contributed by atoms with Crippen molar-refractivity contribution in [2.45, 2.75) is 13.5 Å². The predicted octanol–water partition coefficient (Wildman–Crippen LogP) is 5.41. The molecule has 0 fully saturated rings. The first-order chi connectivity index (χ1) is 12.8. The second kappa shape index (κ2) is 7.23. The van der Waals surface area contributed by atoms with E-state index in [1.54, 1.807) is 4.57 Å². The van der Waals surface area contributed by atoms with Crippen LogP contribution < -0.4 is 0 Å². The van der Waals surface area contributed by atoms with Gasteiger partial charge in [0, 0.05) is 18.5 Å². The highest BCUT2D eigenvalue weighted by molar-refractivity contribution is 7.21. The van der Waals surface area contributed by atoms with Crippen molar-refractivity contribution in [1.82, 2.24) is 9.55 Å². The number of aromatic nitrogens is 2. The zero-order valence-electron chi connectivity index (χ0n) is 14.3. The number of ether oxygens (including phenoxy) is 1. The van der Waals surface area contributed by atoms with Crippen molar-refractivity contribution in [3.05, 3.63) is 48.5 Å². The van der Waals surface area contributed by atoms with Gasteiger partial charge in [0.2, 0.25) is 11.0 Å². The second-order valence-corrected chi connectivity index (χ2v) is 6.71. The van der Waals surface area contributed by atoms with E-state index < -0.39 is 0 Å². The smallest absolute Gasteiger partial charge is 0.231 e. The Morgan fingerprint density at radius 1 is 1.12 bits per heavy atom. The fourth-order valence-electron chi connectivity index (χ4n) is 2.89. The van der Waals surface area contributed by atoms with Crippen LogP contribution in [0, 0.1) is 0 Å². The number of nitrogens with zero attached hydrogens (tertiary/aromatic N) is 4. The number of thiazole rings is 1. The Morgan fingerprint density at radius 3 is 2.77 bits per heavy atom. The first-order valence-corrected chi connectivity index (χ1v) is 9.25. The molecule has 0 unspecified atom stereocenters. The van der Waals surface area contributed by atoms with Crippen LogP contribution in [0.1, 0.15) is 6.92 Å². The summed E-state index contributed by atoms with van der Waals surface area (Å²) < 4.78 is 8.28. The molecule has 0 aliphatic carbocycles. The fraction of sp³-hybridized carbons (Fsp3) is 0.211. The molecule has 2 aromatic carbocycles. The largest absolute Gasteiger partial charge is 0.493 e. The summed E-state index contributed by atoms with van der Waals surface area (Å²) in [6.45, 7) is 3.67. The van der Waals surface area contributed by atoms with Crippen LogP contribution in [0.15, 0.2) is 58.8 Å². The fourth-order valence-corrected chi connectivity index (χ4v) is 3.68. The van der Waals surface area contributed by atoms with Gasteiger partial charge < -0.3 is 14.4 Å². The number of hydrogen-bond donors (Lipinski definition) is 1. The SMILES string of the molecule is CCOCCn1c(O)c(N=Nc2nc3ccccc3s2)c2ccccc21. The van der Waals surface area contributed by atoms with E-state index in [1.165, 1.54) is 11.3 Å². The van der Waals surface area contributed by atoms with Crippen LogP contribution >= 0.6 is 11.3 Å². The molecule has 0 spiro atoms. The van der Waals surface area contributed by atoms with Gasteiger partial charge in [-0.15, -0.1) is 10.2 Å². The third-order valence-corrected chi connectivity index (χ3v) is 5.02. The molecule has 6 nitrogen and oxygen atoms in total. The molecule has 26 heavy (non-hydrogen) atoms. The van der Waals surface area contributed by atoms with Crippen molar-refractivity contribution in [3.63, 3.8) is 0 Å². The second-order valence-electron chi connectivity index (χ2n) is 5.70. The van der Waals surface area contributed by atoms with E-state index in [0.717, 1.165) is 21.1 Å². The number of benzene rings is 2. The lowest BCUT2D eigenvalue weighted by Crippen LogP contribution is -2.05. The molecule has 0 amide bonds. The first kappa shape index (κ1) is 16.7. The highest BCUT2D eigenvalue weighted by Crippen LogP contribution is 2.40. The minimum atomic E-state index is 0.0933. The number of fused-ring (bicyclic) bond motifs is 2. The van der Waals surface area contributed by atoms with Gasteiger partial charge in [-0.3, -0.25) is 0 Å². The summed E-state index contributed by atoms with van der Waals surface area (Å²) in [5.41, 5.74) is 2.26. The van der Waals surface area contributed by atoms with Gasteiger partial charge in [-0.25, -0.2) is 4.98 Å². The summed E-state index contributed by atoms with van der Waals surface area (Å²) >= 11 is 1.47. The molecule has 0 saturated carbocycles. The molecule has 1 N–H and O–H groups in total. The Balaban J connectivity index is 1.72. The van der Waals surface area contributed by atoms with E-state index in [1.807, 2.05) is 55.5 Å². The molecular formula is C19H18N4O2S. The first-order valence-electron chi connectivity index (χ1n) is 8.43. The minimum Gasteiger partial charge on any atom is -0.493 e. The maximum Gasteiger partial charge on any atom is 0.231 e. The van der Waals surface area contributed by atoms with Gasteiger partial charge in [-0.05, 0) is 25.1 Å². The molecule has 0 saturated heterocycles. The average molecular weight is 366 g/mol. The topological polar surface area (TPSA) is 72.0 Å². The summed E-state index contributed by atoms with van der Waals surface area (Å²) in [5, 5.41) is 20.7. The molecule has 2 heterocycles. The zero-order valence-corrected chi connectivity index (χ0v) is 15.1. The molecule has 0 aliphatic rings. The Morgan fingerprint density at radius 2 is 1.92 bits per heavy atom. The maximum absolute atomic E-state index is 10.7. The van der Waals surface area contributed by atoms with Crippen LogP contribution in [0.3, 0.4) is 0 Å². The summed E-state index contributed by atoms with van der Waals surface area (Å²) in [4.78, 5) is 4.45. The molecule has 132 valence electrons. The maximum atomic E-state index is 10.7. The van der Waals surface area contributed by atoms with Crippen molar-refractivity contribution in [2.24, 2.45) is 10.2 Å². The van der Waals surface area contributed by atoms with Crippen LogP contribution in [0.2, 0.25) is 0 Å². The molecule has 0 bridgehead atoms. The Kier molecular flexibility index (Phi) is 4.64. The molecule has 0 atom stereocenters.